The Hall–Kier alpha value is -1.33. The smallest absolute Gasteiger partial charge is 0.455 e. The van der Waals surface area contributed by atoms with Crippen LogP contribution in [0.25, 0.3) is 21.7 Å². The molecule has 0 saturated carbocycles. The first-order valence-corrected chi connectivity index (χ1v) is 9.16. The largest absolute Gasteiger partial charge is 0.506 e. The Morgan fingerprint density at radius 2 is 1.65 bits per heavy atom. The van der Waals surface area contributed by atoms with Gasteiger partial charge in [0.25, 0.3) is 11.3 Å². The molecule has 0 amide bonds. The predicted octanol–water partition coefficient (Wildman–Crippen LogP) is 3.54. The fraction of sp³-hybridized carbons (Fsp3) is 0.333. The first-order chi connectivity index (χ1) is 13.3. The molecular weight excluding hydrogens is 555 g/mol. The van der Waals surface area contributed by atoms with Crippen molar-refractivity contribution in [2.75, 3.05) is 0 Å². The van der Waals surface area contributed by atoms with Crippen LogP contribution in [0.15, 0.2) is 41.2 Å². The van der Waals surface area contributed by atoms with Crippen LogP contribution < -0.4 is 5.56 Å². The molecule has 0 bridgehead atoms. The quantitative estimate of drug-likeness (QED) is 0.273. The number of hydrogen-bond acceptors (Lipinski definition) is 3. The van der Waals surface area contributed by atoms with E-state index in [1.165, 1.54) is 10.6 Å². The molecule has 0 atom stereocenters. The van der Waals surface area contributed by atoms with Gasteiger partial charge < -0.3 is 20.6 Å². The van der Waals surface area contributed by atoms with Crippen LogP contribution in [-0.2, 0) is 6.54 Å². The minimum Gasteiger partial charge on any atom is -0.506 e. The molecule has 0 aliphatic rings. The van der Waals surface area contributed by atoms with Gasteiger partial charge in [0.05, 0.1) is 5.52 Å². The number of rotatable bonds is 6. The Bertz CT molecular complexity index is 1110. The SMILES string of the molecule is CCCCCCn1c(=O)c(C(=O)C(F)(F)F)c(O)c2ccc3ccccc3c21.O.O.[Eu]. The summed E-state index contributed by atoms with van der Waals surface area (Å²) >= 11 is 0. The molecule has 0 unspecified atom stereocenters. The van der Waals surface area contributed by atoms with Gasteiger partial charge in [-0.05, 0) is 17.9 Å². The standard InChI is InChI=1S/C21H20F3NO3.Eu.2H2O/c1-2-3-4-7-12-25-17-14-9-6-5-8-13(14)10-11-15(17)18(26)16(20(25)28)19(27)21(22,23)24;;;/h5-6,8-11,26H,2-4,7,12H2,1H3;;2*1H2. The maximum absolute atomic E-state index is 13.0. The molecule has 1 heterocycles. The number of benzene rings is 2. The van der Waals surface area contributed by atoms with E-state index < -0.39 is 28.8 Å². The molecule has 1 aromatic heterocycles. The van der Waals surface area contributed by atoms with Crippen molar-refractivity contribution < 1.29 is 83.4 Å². The Balaban J connectivity index is 0.00000300. The molecule has 0 spiro atoms. The van der Waals surface area contributed by atoms with Gasteiger partial charge in [-0.15, -0.1) is 0 Å². The van der Waals surface area contributed by atoms with Crippen molar-refractivity contribution in [3.63, 3.8) is 0 Å². The topological polar surface area (TPSA) is 122 Å². The van der Waals surface area contributed by atoms with Gasteiger partial charge in [0.15, 0.2) is 0 Å². The summed E-state index contributed by atoms with van der Waals surface area (Å²) in [7, 11) is 0. The molecule has 3 aromatic rings. The first kappa shape index (κ1) is 29.7. The van der Waals surface area contributed by atoms with Crippen LogP contribution in [0.1, 0.15) is 43.0 Å². The second kappa shape index (κ2) is 12.1. The number of ketones is 1. The summed E-state index contributed by atoms with van der Waals surface area (Å²) in [5.74, 6) is -3.25. The maximum Gasteiger partial charge on any atom is 0.455 e. The number of hydrogen-bond donors (Lipinski definition) is 1. The van der Waals surface area contributed by atoms with E-state index in [4.69, 9.17) is 0 Å². The fourth-order valence-electron chi connectivity index (χ4n) is 3.47. The van der Waals surface area contributed by atoms with E-state index >= 15 is 0 Å². The second-order valence-electron chi connectivity index (χ2n) is 6.75. The summed E-state index contributed by atoms with van der Waals surface area (Å²) in [5, 5.41) is 11.9. The zero-order valence-electron chi connectivity index (χ0n) is 16.7. The molecule has 2 aromatic carbocycles. The summed E-state index contributed by atoms with van der Waals surface area (Å²) in [6.07, 6.45) is -1.97. The van der Waals surface area contributed by atoms with Gasteiger partial charge in [-0.2, -0.15) is 13.2 Å². The molecule has 31 heavy (non-hydrogen) atoms. The van der Waals surface area contributed by atoms with Crippen LogP contribution >= 0.6 is 0 Å². The maximum atomic E-state index is 13.0. The van der Waals surface area contributed by atoms with E-state index in [0.29, 0.717) is 17.3 Å². The van der Waals surface area contributed by atoms with Crippen molar-refractivity contribution in [1.29, 1.82) is 0 Å². The average Bonchev–Trinajstić information content (AvgIpc) is 2.66. The van der Waals surface area contributed by atoms with E-state index in [1.54, 1.807) is 24.3 Å². The van der Waals surface area contributed by atoms with Crippen LogP contribution in [0.5, 0.6) is 5.75 Å². The monoisotopic (exact) mass is 580 g/mol. The molecule has 10 heteroatoms. The summed E-state index contributed by atoms with van der Waals surface area (Å²) in [4.78, 5) is 24.7. The van der Waals surface area contributed by atoms with Crippen LogP contribution in [0, 0.1) is 49.4 Å². The third-order valence-electron chi connectivity index (χ3n) is 4.84. The molecule has 3 rings (SSSR count). The van der Waals surface area contributed by atoms with Crippen LogP contribution in [-0.4, -0.2) is 32.6 Å². The molecule has 171 valence electrons. The Morgan fingerprint density at radius 3 is 2.26 bits per heavy atom. The van der Waals surface area contributed by atoms with Crippen molar-refractivity contribution in [1.82, 2.24) is 4.57 Å². The molecule has 6 nitrogen and oxygen atoms in total. The summed E-state index contributed by atoms with van der Waals surface area (Å²) in [6.45, 7) is 2.19. The molecule has 0 saturated heterocycles. The number of aryl methyl sites for hydroxylation is 1. The number of fused-ring (bicyclic) bond motifs is 3. The number of carbonyl (C=O) groups is 1. The third kappa shape index (κ3) is 5.93. The average molecular weight is 579 g/mol. The van der Waals surface area contributed by atoms with E-state index in [-0.39, 0.29) is 72.3 Å². The van der Waals surface area contributed by atoms with Gasteiger partial charge in [-0.3, -0.25) is 9.59 Å². The Kier molecular flexibility index (Phi) is 11.5. The van der Waals surface area contributed by atoms with Gasteiger partial charge in [0, 0.05) is 66.7 Å². The zero-order chi connectivity index (χ0) is 20.5. The zero-order valence-corrected chi connectivity index (χ0v) is 19.1. The number of aromatic hydroxyl groups is 1. The van der Waals surface area contributed by atoms with Crippen molar-refractivity contribution >= 4 is 27.5 Å². The van der Waals surface area contributed by atoms with Crippen molar-refractivity contribution in [2.24, 2.45) is 0 Å². The minimum absolute atomic E-state index is 0. The molecule has 0 aliphatic carbocycles. The van der Waals surface area contributed by atoms with Gasteiger partial charge in [-0.25, -0.2) is 0 Å². The van der Waals surface area contributed by atoms with Crippen LogP contribution in [0.4, 0.5) is 13.2 Å². The van der Waals surface area contributed by atoms with Gasteiger partial charge in [0.1, 0.15) is 11.3 Å². The third-order valence-corrected chi connectivity index (χ3v) is 4.84. The second-order valence-corrected chi connectivity index (χ2v) is 6.75. The number of carbonyl (C=O) groups excluding carboxylic acids is 1. The Morgan fingerprint density at radius 1 is 1.00 bits per heavy atom. The molecule has 5 N–H and O–H groups in total. The molecular formula is C21H24EuF3NO5. The molecule has 0 fully saturated rings. The van der Waals surface area contributed by atoms with Crippen molar-refractivity contribution in [2.45, 2.75) is 45.3 Å². The fourth-order valence-corrected chi connectivity index (χ4v) is 3.47. The van der Waals surface area contributed by atoms with Crippen molar-refractivity contribution in [3.8, 4) is 5.75 Å². The molecule has 1 radical (unpaired) electrons. The summed E-state index contributed by atoms with van der Waals surface area (Å²) < 4.78 is 40.3. The number of pyridine rings is 1. The number of nitrogens with zero attached hydrogens (tertiary/aromatic N) is 1. The van der Waals surface area contributed by atoms with Crippen molar-refractivity contribution in [3.05, 3.63) is 52.3 Å². The van der Waals surface area contributed by atoms with E-state index in [9.17, 15) is 27.9 Å². The Labute approximate surface area is 217 Å². The number of alkyl halides is 3. The summed E-state index contributed by atoms with van der Waals surface area (Å²) in [6, 6.07) is 10.2. The van der Waals surface area contributed by atoms with Crippen LogP contribution in [0.2, 0.25) is 0 Å². The minimum atomic E-state index is -5.25. The predicted molar refractivity (Wildman–Crippen MR) is 109 cm³/mol. The van der Waals surface area contributed by atoms with Gasteiger partial charge in [0.2, 0.25) is 0 Å². The van der Waals surface area contributed by atoms with Crippen LogP contribution in [0.3, 0.4) is 0 Å². The van der Waals surface area contributed by atoms with E-state index in [1.807, 2.05) is 13.0 Å². The number of aromatic nitrogens is 1. The molecule has 0 aliphatic heterocycles. The normalized spacial score (nSPS) is 10.8. The number of Topliss-reactive ketones (excluding diaryl/α,β-unsaturated/α-hetero) is 1. The van der Waals surface area contributed by atoms with Gasteiger partial charge >= 0.3 is 6.18 Å². The number of halogens is 3. The summed E-state index contributed by atoms with van der Waals surface area (Å²) in [5.41, 5.74) is -1.98. The van der Waals surface area contributed by atoms with E-state index in [0.717, 1.165) is 24.6 Å². The number of unbranched alkanes of at least 4 members (excludes halogenated alkanes) is 3. The first-order valence-electron chi connectivity index (χ1n) is 9.16. The van der Waals surface area contributed by atoms with Gasteiger partial charge in [-0.1, -0.05) is 56.5 Å². The van der Waals surface area contributed by atoms with E-state index in [2.05, 4.69) is 0 Å².